The van der Waals surface area contributed by atoms with Crippen LogP contribution in [0, 0.1) is 6.92 Å². The highest BCUT2D eigenvalue weighted by molar-refractivity contribution is 9.11. The number of hydrogen-bond donors (Lipinski definition) is 1. The fourth-order valence-corrected chi connectivity index (χ4v) is 4.21. The first-order valence-corrected chi connectivity index (χ1v) is 8.28. The number of hydrogen-bond acceptors (Lipinski definition) is 3. The Morgan fingerprint density at radius 3 is 2.63 bits per heavy atom. The zero-order chi connectivity index (χ0) is 13.8. The Kier molecular flexibility index (Phi) is 5.45. The normalized spacial score (nSPS) is 10.7. The van der Waals surface area contributed by atoms with Gasteiger partial charge in [0.15, 0.2) is 0 Å². The molecule has 1 aromatic heterocycles. The largest absolute Gasteiger partial charge is 0.495 e. The average Bonchev–Trinajstić information content (AvgIpc) is 2.74. The van der Waals surface area contributed by atoms with Crippen LogP contribution in [0.3, 0.4) is 0 Å². The molecule has 1 heterocycles. The maximum atomic E-state index is 5.43. The van der Waals surface area contributed by atoms with Crippen LogP contribution in [0.1, 0.15) is 15.3 Å². The molecule has 0 aliphatic carbocycles. The maximum absolute atomic E-state index is 5.43. The van der Waals surface area contributed by atoms with Crippen molar-refractivity contribution in [1.82, 2.24) is 5.32 Å². The van der Waals surface area contributed by atoms with Gasteiger partial charge in [0, 0.05) is 32.9 Å². The molecule has 2 rings (SSSR count). The lowest BCUT2D eigenvalue weighted by atomic mass is 10.2. The summed E-state index contributed by atoms with van der Waals surface area (Å²) in [6.45, 7) is 3.78. The molecule has 1 aromatic carbocycles. The summed E-state index contributed by atoms with van der Waals surface area (Å²) in [5, 5.41) is 3.45. The van der Waals surface area contributed by atoms with E-state index in [0.717, 1.165) is 33.3 Å². The van der Waals surface area contributed by atoms with E-state index < -0.39 is 0 Å². The minimum atomic E-state index is 0.776. The molecule has 0 saturated carbocycles. The second-order valence-electron chi connectivity index (χ2n) is 4.20. The highest BCUT2D eigenvalue weighted by atomic mass is 79.9. The fourth-order valence-electron chi connectivity index (χ4n) is 1.87. The molecule has 0 bridgehead atoms. The van der Waals surface area contributed by atoms with Crippen molar-refractivity contribution in [2.45, 2.75) is 20.0 Å². The van der Waals surface area contributed by atoms with Crippen molar-refractivity contribution >= 4 is 43.2 Å². The predicted molar refractivity (Wildman–Crippen MR) is 88.0 cm³/mol. The number of methoxy groups -OCH3 is 1. The number of nitrogens with one attached hydrogen (secondary N) is 1. The summed E-state index contributed by atoms with van der Waals surface area (Å²) < 4.78 is 7.44. The van der Waals surface area contributed by atoms with Gasteiger partial charge in [0.05, 0.1) is 11.6 Å². The first-order valence-electron chi connectivity index (χ1n) is 5.88. The molecule has 0 atom stereocenters. The van der Waals surface area contributed by atoms with Crippen LogP contribution in [0.2, 0.25) is 0 Å². The van der Waals surface area contributed by atoms with Crippen LogP contribution >= 0.6 is 43.2 Å². The highest BCUT2D eigenvalue weighted by Gasteiger charge is 2.09. The Morgan fingerprint density at radius 2 is 2.00 bits per heavy atom. The van der Waals surface area contributed by atoms with Gasteiger partial charge in [-0.25, -0.2) is 0 Å². The molecule has 0 amide bonds. The van der Waals surface area contributed by atoms with E-state index >= 15 is 0 Å². The molecule has 2 aromatic rings. The van der Waals surface area contributed by atoms with Crippen molar-refractivity contribution in [3.8, 4) is 5.75 Å². The maximum Gasteiger partial charge on any atom is 0.137 e. The minimum Gasteiger partial charge on any atom is -0.495 e. The monoisotopic (exact) mass is 403 g/mol. The third-order valence-corrected chi connectivity index (χ3v) is 4.75. The highest BCUT2D eigenvalue weighted by Crippen LogP contribution is 2.32. The standard InChI is InChI=1S/C14H15Br2NOS/c1-9-3-4-12(19-9)8-17-7-10-5-11(15)6-13(16)14(10)18-2/h3-6,17H,7-8H2,1-2H3. The van der Waals surface area contributed by atoms with Gasteiger partial charge in [-0.15, -0.1) is 11.3 Å². The van der Waals surface area contributed by atoms with Crippen LogP contribution in [-0.2, 0) is 13.1 Å². The van der Waals surface area contributed by atoms with Gasteiger partial charge in [0.25, 0.3) is 0 Å². The van der Waals surface area contributed by atoms with Crippen molar-refractivity contribution in [3.05, 3.63) is 48.5 Å². The van der Waals surface area contributed by atoms with Gasteiger partial charge in [-0.1, -0.05) is 15.9 Å². The molecule has 5 heteroatoms. The molecule has 0 aliphatic rings. The van der Waals surface area contributed by atoms with E-state index in [0.29, 0.717) is 0 Å². The third kappa shape index (κ3) is 4.05. The van der Waals surface area contributed by atoms with Crippen LogP contribution in [0.15, 0.2) is 33.2 Å². The van der Waals surface area contributed by atoms with Crippen molar-refractivity contribution in [3.63, 3.8) is 0 Å². The number of halogens is 2. The van der Waals surface area contributed by atoms with Crippen LogP contribution in [0.5, 0.6) is 5.75 Å². The second kappa shape index (κ2) is 6.88. The summed E-state index contributed by atoms with van der Waals surface area (Å²) >= 11 is 8.85. The lowest BCUT2D eigenvalue weighted by Crippen LogP contribution is -2.12. The molecule has 2 nitrogen and oxygen atoms in total. The number of thiophene rings is 1. The molecule has 0 radical (unpaired) electrons. The van der Waals surface area contributed by atoms with E-state index in [1.807, 2.05) is 17.4 Å². The lowest BCUT2D eigenvalue weighted by molar-refractivity contribution is 0.405. The van der Waals surface area contributed by atoms with Crippen LogP contribution < -0.4 is 10.1 Å². The summed E-state index contributed by atoms with van der Waals surface area (Å²) in [7, 11) is 1.69. The summed E-state index contributed by atoms with van der Waals surface area (Å²) in [5.74, 6) is 0.887. The van der Waals surface area contributed by atoms with E-state index in [9.17, 15) is 0 Å². The van der Waals surface area contributed by atoms with Gasteiger partial charge in [0.2, 0.25) is 0 Å². The Hall–Kier alpha value is -0.360. The number of benzene rings is 1. The Balaban J connectivity index is 2.02. The molecule has 1 N–H and O–H groups in total. The van der Waals surface area contributed by atoms with Gasteiger partial charge in [0.1, 0.15) is 5.75 Å². The zero-order valence-corrected chi connectivity index (χ0v) is 14.8. The summed E-state index contributed by atoms with van der Waals surface area (Å²) in [5.41, 5.74) is 1.14. The zero-order valence-electron chi connectivity index (χ0n) is 10.8. The SMILES string of the molecule is COc1c(Br)cc(Br)cc1CNCc1ccc(C)s1. The molecule has 19 heavy (non-hydrogen) atoms. The molecule has 102 valence electrons. The van der Waals surface area contributed by atoms with Gasteiger partial charge < -0.3 is 10.1 Å². The Labute approximate surface area is 134 Å². The Morgan fingerprint density at radius 1 is 1.21 bits per heavy atom. The van der Waals surface area contributed by atoms with Crippen LogP contribution in [0.25, 0.3) is 0 Å². The summed E-state index contributed by atoms with van der Waals surface area (Å²) in [6, 6.07) is 8.39. The average molecular weight is 405 g/mol. The van der Waals surface area contributed by atoms with E-state index in [-0.39, 0.29) is 0 Å². The number of rotatable bonds is 5. The molecule has 0 saturated heterocycles. The van der Waals surface area contributed by atoms with Gasteiger partial charge in [-0.2, -0.15) is 0 Å². The second-order valence-corrected chi connectivity index (χ2v) is 7.34. The summed E-state index contributed by atoms with van der Waals surface area (Å²) in [6.07, 6.45) is 0. The van der Waals surface area contributed by atoms with Gasteiger partial charge in [-0.3, -0.25) is 0 Å². The molecular weight excluding hydrogens is 390 g/mol. The van der Waals surface area contributed by atoms with E-state index in [1.54, 1.807) is 7.11 Å². The van der Waals surface area contributed by atoms with Crippen molar-refractivity contribution in [2.75, 3.05) is 7.11 Å². The predicted octanol–water partition coefficient (Wildman–Crippen LogP) is 4.88. The van der Waals surface area contributed by atoms with Gasteiger partial charge >= 0.3 is 0 Å². The van der Waals surface area contributed by atoms with Crippen LogP contribution in [0.4, 0.5) is 0 Å². The number of aryl methyl sites for hydroxylation is 1. The molecule has 0 spiro atoms. The smallest absolute Gasteiger partial charge is 0.137 e. The molecule has 0 fully saturated rings. The third-order valence-electron chi connectivity index (χ3n) is 2.70. The van der Waals surface area contributed by atoms with E-state index in [2.05, 4.69) is 62.3 Å². The molecule has 0 unspecified atom stereocenters. The van der Waals surface area contributed by atoms with Crippen molar-refractivity contribution in [2.24, 2.45) is 0 Å². The first-order chi connectivity index (χ1) is 9.10. The Bertz CT molecular complexity index is 569. The lowest BCUT2D eigenvalue weighted by Gasteiger charge is -2.12. The van der Waals surface area contributed by atoms with Gasteiger partial charge in [-0.05, 0) is 47.1 Å². The van der Waals surface area contributed by atoms with Crippen molar-refractivity contribution < 1.29 is 4.74 Å². The molecule has 0 aliphatic heterocycles. The quantitative estimate of drug-likeness (QED) is 0.766. The first kappa shape index (κ1) is 15.0. The fraction of sp³-hybridized carbons (Fsp3) is 0.286. The van der Waals surface area contributed by atoms with E-state index in [1.165, 1.54) is 9.75 Å². The topological polar surface area (TPSA) is 21.3 Å². The number of ether oxygens (including phenoxy) is 1. The van der Waals surface area contributed by atoms with E-state index in [4.69, 9.17) is 4.74 Å². The van der Waals surface area contributed by atoms with Crippen molar-refractivity contribution in [1.29, 1.82) is 0 Å². The molecular formula is C14H15Br2NOS. The minimum absolute atomic E-state index is 0.776. The summed E-state index contributed by atoms with van der Waals surface area (Å²) in [4.78, 5) is 2.70. The van der Waals surface area contributed by atoms with Crippen LogP contribution in [-0.4, -0.2) is 7.11 Å².